The molecule has 0 saturated carbocycles. The number of ketones is 2. The highest BCUT2D eigenvalue weighted by atomic mass is 16.2. The predicted molar refractivity (Wildman–Crippen MR) is 62.0 cm³/mol. The molecular formula is C12H16N2O2. The van der Waals surface area contributed by atoms with Gasteiger partial charge >= 0.3 is 0 Å². The maximum Gasteiger partial charge on any atom is 0.191 e. The second-order valence-corrected chi connectivity index (χ2v) is 3.79. The molecule has 0 radical (unpaired) electrons. The van der Waals surface area contributed by atoms with E-state index in [1.807, 2.05) is 0 Å². The first kappa shape index (κ1) is 12.2. The van der Waals surface area contributed by atoms with E-state index in [2.05, 4.69) is 13.2 Å². The Bertz CT molecular complexity index is 382. The van der Waals surface area contributed by atoms with Crippen LogP contribution >= 0.6 is 0 Å². The molecule has 1 rings (SSSR count). The van der Waals surface area contributed by atoms with E-state index in [0.29, 0.717) is 12.8 Å². The molecule has 86 valence electrons. The largest absolute Gasteiger partial charge is 0.400 e. The molecule has 0 aliphatic heterocycles. The van der Waals surface area contributed by atoms with Gasteiger partial charge in [0, 0.05) is 5.70 Å². The van der Waals surface area contributed by atoms with Gasteiger partial charge in [0.15, 0.2) is 11.6 Å². The van der Waals surface area contributed by atoms with Crippen LogP contribution in [-0.4, -0.2) is 11.6 Å². The van der Waals surface area contributed by atoms with Gasteiger partial charge in [-0.2, -0.15) is 0 Å². The lowest BCUT2D eigenvalue weighted by molar-refractivity contribution is -0.133. The summed E-state index contributed by atoms with van der Waals surface area (Å²) in [5, 5.41) is 0. The highest BCUT2D eigenvalue weighted by molar-refractivity contribution is 6.14. The Morgan fingerprint density at radius 3 is 2.06 bits per heavy atom. The summed E-state index contributed by atoms with van der Waals surface area (Å²) >= 11 is 0. The lowest BCUT2D eigenvalue weighted by atomic mass is 9.77. The van der Waals surface area contributed by atoms with Crippen molar-refractivity contribution in [2.45, 2.75) is 12.8 Å². The minimum atomic E-state index is -0.727. The molecule has 4 heteroatoms. The summed E-state index contributed by atoms with van der Waals surface area (Å²) in [6.07, 6.45) is 3.86. The standard InChI is InChI=1S/C12H16N2O2/c1-3-5-7-9(13)10(14)12(16)8(6-4-2)11(7)15/h3-4,7-8H,1-2,5-6,13-14H2. The molecule has 2 atom stereocenters. The van der Waals surface area contributed by atoms with Gasteiger partial charge in [0.05, 0.1) is 17.5 Å². The topological polar surface area (TPSA) is 86.2 Å². The summed E-state index contributed by atoms with van der Waals surface area (Å²) in [6.45, 7) is 7.09. The Hall–Kier alpha value is -1.84. The number of nitrogens with two attached hydrogens (primary N) is 2. The van der Waals surface area contributed by atoms with Gasteiger partial charge in [-0.25, -0.2) is 0 Å². The molecular weight excluding hydrogens is 204 g/mol. The molecule has 1 aliphatic rings. The van der Waals surface area contributed by atoms with Crippen LogP contribution in [0.1, 0.15) is 12.8 Å². The van der Waals surface area contributed by atoms with Crippen molar-refractivity contribution in [1.82, 2.24) is 0 Å². The highest BCUT2D eigenvalue weighted by Crippen LogP contribution is 2.28. The van der Waals surface area contributed by atoms with Crippen molar-refractivity contribution in [3.63, 3.8) is 0 Å². The number of allylic oxidation sites excluding steroid dienone is 4. The van der Waals surface area contributed by atoms with E-state index >= 15 is 0 Å². The second kappa shape index (κ2) is 4.79. The average molecular weight is 220 g/mol. The fourth-order valence-electron chi connectivity index (χ4n) is 1.84. The van der Waals surface area contributed by atoms with Crippen LogP contribution in [0.25, 0.3) is 0 Å². The van der Waals surface area contributed by atoms with Crippen LogP contribution in [-0.2, 0) is 9.59 Å². The summed E-state index contributed by atoms with van der Waals surface area (Å²) in [5.74, 6) is -1.81. The zero-order chi connectivity index (χ0) is 12.3. The quantitative estimate of drug-likeness (QED) is 0.538. The first-order valence-corrected chi connectivity index (χ1v) is 5.09. The zero-order valence-corrected chi connectivity index (χ0v) is 9.11. The molecule has 0 fully saturated rings. The minimum absolute atomic E-state index is 0.0123. The first-order chi connectivity index (χ1) is 7.54. The van der Waals surface area contributed by atoms with Crippen molar-refractivity contribution in [2.75, 3.05) is 0 Å². The van der Waals surface area contributed by atoms with E-state index in [0.717, 1.165) is 0 Å². The first-order valence-electron chi connectivity index (χ1n) is 5.09. The van der Waals surface area contributed by atoms with Crippen LogP contribution in [0, 0.1) is 11.8 Å². The van der Waals surface area contributed by atoms with E-state index in [4.69, 9.17) is 11.5 Å². The minimum Gasteiger partial charge on any atom is -0.400 e. The molecule has 0 bridgehead atoms. The van der Waals surface area contributed by atoms with Crippen LogP contribution < -0.4 is 11.5 Å². The average Bonchev–Trinajstić information content (AvgIpc) is 2.28. The van der Waals surface area contributed by atoms with E-state index in [-0.39, 0.29) is 23.0 Å². The summed E-state index contributed by atoms with van der Waals surface area (Å²) in [4.78, 5) is 23.7. The van der Waals surface area contributed by atoms with Crippen LogP contribution in [0.2, 0.25) is 0 Å². The zero-order valence-electron chi connectivity index (χ0n) is 9.11. The van der Waals surface area contributed by atoms with Crippen molar-refractivity contribution in [3.8, 4) is 0 Å². The van der Waals surface area contributed by atoms with Gasteiger partial charge in [-0.05, 0) is 12.8 Å². The molecule has 16 heavy (non-hydrogen) atoms. The Morgan fingerprint density at radius 2 is 1.56 bits per heavy atom. The van der Waals surface area contributed by atoms with E-state index in [1.165, 1.54) is 0 Å². The fourth-order valence-corrected chi connectivity index (χ4v) is 1.84. The van der Waals surface area contributed by atoms with E-state index < -0.39 is 11.8 Å². The van der Waals surface area contributed by atoms with Gasteiger partial charge in [0.1, 0.15) is 0 Å². The van der Waals surface area contributed by atoms with Crippen molar-refractivity contribution in [1.29, 1.82) is 0 Å². The van der Waals surface area contributed by atoms with Crippen LogP contribution in [0.4, 0.5) is 0 Å². The molecule has 0 amide bonds. The Balaban J connectivity index is 3.13. The molecule has 0 heterocycles. The van der Waals surface area contributed by atoms with Gasteiger partial charge in [-0.1, -0.05) is 12.2 Å². The van der Waals surface area contributed by atoms with Crippen LogP contribution in [0.15, 0.2) is 36.7 Å². The van der Waals surface area contributed by atoms with Gasteiger partial charge in [0.2, 0.25) is 0 Å². The molecule has 0 aromatic rings. The summed E-state index contributed by atoms with van der Waals surface area (Å²) < 4.78 is 0. The number of rotatable bonds is 4. The van der Waals surface area contributed by atoms with Crippen molar-refractivity contribution in [2.24, 2.45) is 23.3 Å². The maximum absolute atomic E-state index is 12.0. The number of Topliss-reactive ketones (excluding diaryl/α,β-unsaturated/α-hetero) is 2. The number of carbonyl (C=O) groups excluding carboxylic acids is 2. The highest BCUT2D eigenvalue weighted by Gasteiger charge is 2.39. The summed E-state index contributed by atoms with van der Waals surface area (Å²) in [5.41, 5.74) is 11.5. The Kier molecular flexibility index (Phi) is 3.66. The molecule has 4 nitrogen and oxygen atoms in total. The Morgan fingerprint density at radius 1 is 1.06 bits per heavy atom. The number of carbonyl (C=O) groups is 2. The normalized spacial score (nSPS) is 25.8. The molecule has 0 aromatic heterocycles. The third kappa shape index (κ3) is 1.91. The molecule has 0 saturated heterocycles. The smallest absolute Gasteiger partial charge is 0.191 e. The van der Waals surface area contributed by atoms with Crippen LogP contribution in [0.5, 0.6) is 0 Å². The monoisotopic (exact) mass is 220 g/mol. The number of hydrogen-bond donors (Lipinski definition) is 2. The van der Waals surface area contributed by atoms with Gasteiger partial charge in [-0.3, -0.25) is 9.59 Å². The van der Waals surface area contributed by atoms with Crippen LogP contribution in [0.3, 0.4) is 0 Å². The summed E-state index contributed by atoms with van der Waals surface area (Å²) in [7, 11) is 0. The van der Waals surface area contributed by atoms with Crippen molar-refractivity contribution < 1.29 is 9.59 Å². The second-order valence-electron chi connectivity index (χ2n) is 3.79. The molecule has 4 N–H and O–H groups in total. The molecule has 0 spiro atoms. The predicted octanol–water partition coefficient (Wildman–Crippen LogP) is 0.652. The molecule has 0 aromatic carbocycles. The van der Waals surface area contributed by atoms with Gasteiger partial charge in [-0.15, -0.1) is 13.2 Å². The SMILES string of the molecule is C=CCC1C(=O)C(N)=C(N)C(CC=C)C1=O. The van der Waals surface area contributed by atoms with Gasteiger partial charge in [0.25, 0.3) is 0 Å². The third-order valence-electron chi connectivity index (χ3n) is 2.76. The maximum atomic E-state index is 12.0. The van der Waals surface area contributed by atoms with Crippen molar-refractivity contribution >= 4 is 11.6 Å². The molecule has 1 aliphatic carbocycles. The lowest BCUT2D eigenvalue weighted by Gasteiger charge is -2.27. The van der Waals surface area contributed by atoms with Gasteiger partial charge < -0.3 is 11.5 Å². The molecule has 2 unspecified atom stereocenters. The lowest BCUT2D eigenvalue weighted by Crippen LogP contribution is -2.42. The van der Waals surface area contributed by atoms with E-state index in [1.54, 1.807) is 12.2 Å². The third-order valence-corrected chi connectivity index (χ3v) is 2.76. The number of hydrogen-bond acceptors (Lipinski definition) is 4. The fraction of sp³-hybridized carbons (Fsp3) is 0.333. The summed E-state index contributed by atoms with van der Waals surface area (Å²) in [6, 6.07) is 0. The Labute approximate surface area is 94.7 Å². The van der Waals surface area contributed by atoms with E-state index in [9.17, 15) is 9.59 Å². The van der Waals surface area contributed by atoms with Crippen molar-refractivity contribution in [3.05, 3.63) is 36.7 Å².